The zero-order valence-corrected chi connectivity index (χ0v) is 14.5. The van der Waals surface area contributed by atoms with Gasteiger partial charge in [-0.05, 0) is 73.5 Å². The van der Waals surface area contributed by atoms with Gasteiger partial charge in [0.05, 0.1) is 6.10 Å². The SMILES string of the molecule is C[C@]12CC[C@@H](O)C[C@@H]1CC[C@H]1[C@@H]3CC[C@H](C=O)[C@@]3(C)CC(=O)[C@@H]12. The van der Waals surface area contributed by atoms with Gasteiger partial charge in [0.25, 0.3) is 0 Å². The molecule has 0 aliphatic heterocycles. The normalized spacial score (nSPS) is 55.7. The van der Waals surface area contributed by atoms with Gasteiger partial charge in [0.2, 0.25) is 0 Å². The molecular weight excluding hydrogens is 288 g/mol. The average Bonchev–Trinajstić information content (AvgIpc) is 2.83. The molecule has 0 spiro atoms. The van der Waals surface area contributed by atoms with Crippen molar-refractivity contribution in [2.45, 2.75) is 71.3 Å². The van der Waals surface area contributed by atoms with Crippen molar-refractivity contribution < 1.29 is 14.7 Å². The molecule has 0 aromatic heterocycles. The Labute approximate surface area is 139 Å². The molecule has 0 aromatic rings. The standard InChI is InChI=1S/C20H30O3/c1-19-8-7-14(22)9-12(19)3-5-15-16-6-4-13(11-21)20(16,2)10-17(23)18(15)19/h11-16,18,22H,3-10H2,1-2H3/t12-,13+,14+,15-,16-,18+,19-,20+/m0/s1. The Kier molecular flexibility index (Phi) is 3.54. The fourth-order valence-electron chi connectivity index (χ4n) is 7.31. The van der Waals surface area contributed by atoms with Crippen LogP contribution in [0.15, 0.2) is 0 Å². The number of rotatable bonds is 1. The highest BCUT2D eigenvalue weighted by molar-refractivity contribution is 5.85. The Bertz CT molecular complexity index is 529. The molecular formula is C20H30O3. The van der Waals surface area contributed by atoms with Crippen LogP contribution in [0, 0.1) is 40.4 Å². The number of carbonyl (C=O) groups is 2. The molecule has 0 saturated heterocycles. The van der Waals surface area contributed by atoms with Gasteiger partial charge in [-0.25, -0.2) is 0 Å². The quantitative estimate of drug-likeness (QED) is 0.754. The maximum atomic E-state index is 13.2. The van der Waals surface area contributed by atoms with Gasteiger partial charge in [0.15, 0.2) is 0 Å². The molecule has 0 heterocycles. The van der Waals surface area contributed by atoms with Gasteiger partial charge in [-0.3, -0.25) is 4.79 Å². The van der Waals surface area contributed by atoms with Gasteiger partial charge in [-0.2, -0.15) is 0 Å². The number of Topliss-reactive ketones (excluding diaryl/α,β-unsaturated/α-hetero) is 1. The topological polar surface area (TPSA) is 54.4 Å². The Balaban J connectivity index is 1.69. The number of fused-ring (bicyclic) bond motifs is 5. The largest absolute Gasteiger partial charge is 0.393 e. The van der Waals surface area contributed by atoms with E-state index in [4.69, 9.17) is 0 Å². The lowest BCUT2D eigenvalue weighted by Gasteiger charge is -2.59. The minimum atomic E-state index is -0.167. The molecule has 0 amide bonds. The third kappa shape index (κ3) is 2.04. The molecule has 1 N–H and O–H groups in total. The third-order valence-corrected chi connectivity index (χ3v) is 8.56. The van der Waals surface area contributed by atoms with Gasteiger partial charge in [0.1, 0.15) is 12.1 Å². The zero-order chi connectivity index (χ0) is 16.4. The van der Waals surface area contributed by atoms with E-state index in [1.165, 1.54) is 0 Å². The zero-order valence-electron chi connectivity index (χ0n) is 14.5. The van der Waals surface area contributed by atoms with Crippen molar-refractivity contribution in [1.29, 1.82) is 0 Å². The van der Waals surface area contributed by atoms with Crippen molar-refractivity contribution in [3.63, 3.8) is 0 Å². The van der Waals surface area contributed by atoms with Crippen molar-refractivity contribution in [2.75, 3.05) is 0 Å². The maximum Gasteiger partial charge on any atom is 0.137 e. The molecule has 4 aliphatic rings. The first-order valence-corrected chi connectivity index (χ1v) is 9.56. The molecule has 4 aliphatic carbocycles. The second kappa shape index (κ2) is 5.15. The van der Waals surface area contributed by atoms with E-state index in [0.717, 1.165) is 51.2 Å². The molecule has 8 atom stereocenters. The summed E-state index contributed by atoms with van der Waals surface area (Å²) in [5.41, 5.74) is -0.00277. The van der Waals surface area contributed by atoms with Gasteiger partial charge in [0, 0.05) is 18.3 Å². The Hall–Kier alpha value is -0.700. The second-order valence-electron chi connectivity index (χ2n) is 9.43. The Morgan fingerprint density at radius 3 is 2.61 bits per heavy atom. The second-order valence-corrected chi connectivity index (χ2v) is 9.43. The van der Waals surface area contributed by atoms with Crippen molar-refractivity contribution >= 4 is 12.1 Å². The lowest BCUT2D eigenvalue weighted by Crippen LogP contribution is -2.57. The van der Waals surface area contributed by atoms with Crippen LogP contribution in [-0.2, 0) is 9.59 Å². The Morgan fingerprint density at radius 2 is 1.87 bits per heavy atom. The predicted molar refractivity (Wildman–Crippen MR) is 87.7 cm³/mol. The summed E-state index contributed by atoms with van der Waals surface area (Å²) in [6.07, 6.45) is 8.65. The van der Waals surface area contributed by atoms with Crippen molar-refractivity contribution in [1.82, 2.24) is 0 Å². The number of hydrogen-bond acceptors (Lipinski definition) is 3. The van der Waals surface area contributed by atoms with E-state index in [0.29, 0.717) is 30.0 Å². The molecule has 4 rings (SSSR count). The lowest BCUT2D eigenvalue weighted by atomic mass is 9.44. The van der Waals surface area contributed by atoms with E-state index in [1.54, 1.807) is 0 Å². The van der Waals surface area contributed by atoms with Crippen molar-refractivity contribution in [3.8, 4) is 0 Å². The first kappa shape index (κ1) is 15.8. The first-order chi connectivity index (χ1) is 10.9. The van der Waals surface area contributed by atoms with E-state index >= 15 is 0 Å². The lowest BCUT2D eigenvalue weighted by molar-refractivity contribution is -0.161. The van der Waals surface area contributed by atoms with Gasteiger partial charge < -0.3 is 9.90 Å². The molecule has 0 unspecified atom stereocenters. The van der Waals surface area contributed by atoms with E-state index in [2.05, 4.69) is 13.8 Å². The van der Waals surface area contributed by atoms with E-state index < -0.39 is 0 Å². The number of aliphatic hydroxyl groups excluding tert-OH is 1. The summed E-state index contributed by atoms with van der Waals surface area (Å²) in [7, 11) is 0. The number of hydrogen-bond donors (Lipinski definition) is 1. The van der Waals surface area contributed by atoms with E-state index in [9.17, 15) is 14.7 Å². The molecule has 23 heavy (non-hydrogen) atoms. The van der Waals surface area contributed by atoms with Gasteiger partial charge in [-0.1, -0.05) is 13.8 Å². The summed E-state index contributed by atoms with van der Waals surface area (Å²) in [5, 5.41) is 10.1. The van der Waals surface area contributed by atoms with Crippen molar-refractivity contribution in [2.24, 2.45) is 40.4 Å². The number of aliphatic hydroxyl groups is 1. The predicted octanol–water partition coefficient (Wildman–Crippen LogP) is 3.38. The summed E-state index contributed by atoms with van der Waals surface area (Å²) in [6, 6.07) is 0. The van der Waals surface area contributed by atoms with E-state index in [1.807, 2.05) is 0 Å². The number of carbonyl (C=O) groups excluding carboxylic acids is 2. The summed E-state index contributed by atoms with van der Waals surface area (Å²) in [5.74, 6) is 2.20. The molecule has 3 heteroatoms. The number of aldehydes is 1. The van der Waals surface area contributed by atoms with Crippen LogP contribution in [0.5, 0.6) is 0 Å². The highest BCUT2D eigenvalue weighted by Crippen LogP contribution is 2.66. The maximum absolute atomic E-state index is 13.2. The summed E-state index contributed by atoms with van der Waals surface area (Å²) in [4.78, 5) is 24.7. The van der Waals surface area contributed by atoms with Crippen LogP contribution in [0.4, 0.5) is 0 Å². The highest BCUT2D eigenvalue weighted by atomic mass is 16.3. The molecule has 4 fully saturated rings. The molecule has 0 aromatic carbocycles. The van der Waals surface area contributed by atoms with Crippen LogP contribution in [0.2, 0.25) is 0 Å². The van der Waals surface area contributed by atoms with Crippen LogP contribution < -0.4 is 0 Å². The highest BCUT2D eigenvalue weighted by Gasteiger charge is 2.63. The smallest absolute Gasteiger partial charge is 0.137 e. The molecule has 128 valence electrons. The fraction of sp³-hybridized carbons (Fsp3) is 0.900. The van der Waals surface area contributed by atoms with Crippen LogP contribution in [0.3, 0.4) is 0 Å². The third-order valence-electron chi connectivity index (χ3n) is 8.56. The molecule has 4 saturated carbocycles. The average molecular weight is 318 g/mol. The summed E-state index contributed by atoms with van der Waals surface area (Å²) >= 11 is 0. The van der Waals surface area contributed by atoms with Crippen LogP contribution in [-0.4, -0.2) is 23.3 Å². The van der Waals surface area contributed by atoms with Gasteiger partial charge in [-0.15, -0.1) is 0 Å². The monoisotopic (exact) mass is 318 g/mol. The fourth-order valence-corrected chi connectivity index (χ4v) is 7.31. The molecule has 3 nitrogen and oxygen atoms in total. The van der Waals surface area contributed by atoms with Crippen LogP contribution >= 0.6 is 0 Å². The molecule has 0 radical (unpaired) electrons. The summed E-state index contributed by atoms with van der Waals surface area (Å²) in [6.45, 7) is 4.53. The van der Waals surface area contributed by atoms with Crippen LogP contribution in [0.1, 0.15) is 65.2 Å². The minimum absolute atomic E-state index is 0.0797. The first-order valence-electron chi connectivity index (χ1n) is 9.56. The summed E-state index contributed by atoms with van der Waals surface area (Å²) < 4.78 is 0. The minimum Gasteiger partial charge on any atom is -0.393 e. The van der Waals surface area contributed by atoms with E-state index in [-0.39, 0.29) is 28.8 Å². The van der Waals surface area contributed by atoms with Gasteiger partial charge >= 0.3 is 0 Å². The number of ketones is 1. The molecule has 0 bridgehead atoms. The van der Waals surface area contributed by atoms with Crippen LogP contribution in [0.25, 0.3) is 0 Å². The Morgan fingerprint density at radius 1 is 1.09 bits per heavy atom. The van der Waals surface area contributed by atoms with Crippen molar-refractivity contribution in [3.05, 3.63) is 0 Å².